The number of benzene rings is 1. The molecule has 3 heteroatoms. The summed E-state index contributed by atoms with van der Waals surface area (Å²) in [4.78, 5) is 4.34. The number of aromatic nitrogens is 1. The third-order valence-electron chi connectivity index (χ3n) is 3.56. The first-order valence-electron chi connectivity index (χ1n) is 6.40. The first-order chi connectivity index (χ1) is 8.77. The Morgan fingerprint density at radius 1 is 1.28 bits per heavy atom. The van der Waals surface area contributed by atoms with E-state index in [0.29, 0.717) is 13.0 Å². The van der Waals surface area contributed by atoms with Gasteiger partial charge in [0, 0.05) is 24.6 Å². The van der Waals surface area contributed by atoms with Gasteiger partial charge in [0.2, 0.25) is 0 Å². The van der Waals surface area contributed by atoms with E-state index in [9.17, 15) is 5.11 Å². The van der Waals surface area contributed by atoms with Gasteiger partial charge in [-0.2, -0.15) is 0 Å². The van der Waals surface area contributed by atoms with Gasteiger partial charge < -0.3 is 9.84 Å². The lowest BCUT2D eigenvalue weighted by molar-refractivity contribution is -0.0843. The molecule has 1 fully saturated rings. The number of nitrogens with zero attached hydrogens (tertiary/aromatic N) is 1. The molecule has 1 aromatic carbocycles. The van der Waals surface area contributed by atoms with Gasteiger partial charge in [-0.3, -0.25) is 4.98 Å². The maximum Gasteiger partial charge on any atom is 0.0921 e. The molecule has 0 bridgehead atoms. The zero-order chi connectivity index (χ0) is 12.4. The molecule has 1 aliphatic rings. The third-order valence-corrected chi connectivity index (χ3v) is 3.56. The van der Waals surface area contributed by atoms with Crippen LogP contribution in [0.5, 0.6) is 0 Å². The molecule has 3 nitrogen and oxygen atoms in total. The van der Waals surface area contributed by atoms with Crippen molar-refractivity contribution in [1.29, 1.82) is 0 Å². The maximum absolute atomic E-state index is 10.5. The van der Waals surface area contributed by atoms with Crippen molar-refractivity contribution in [3.8, 4) is 0 Å². The van der Waals surface area contributed by atoms with E-state index in [1.54, 1.807) is 0 Å². The Morgan fingerprint density at radius 3 is 3.00 bits per heavy atom. The summed E-state index contributed by atoms with van der Waals surface area (Å²) < 4.78 is 5.40. The van der Waals surface area contributed by atoms with Crippen molar-refractivity contribution < 1.29 is 9.84 Å². The SMILES string of the molecule is OC1(Cc2ccnc3ccccc23)CCCOC1. The summed E-state index contributed by atoms with van der Waals surface area (Å²) in [6.07, 6.45) is 4.18. The summed E-state index contributed by atoms with van der Waals surface area (Å²) in [5.41, 5.74) is 1.41. The van der Waals surface area contributed by atoms with E-state index in [4.69, 9.17) is 4.74 Å². The van der Waals surface area contributed by atoms with Crippen LogP contribution in [0.25, 0.3) is 10.9 Å². The minimum Gasteiger partial charge on any atom is -0.387 e. The molecule has 1 N–H and O–H groups in total. The Kier molecular flexibility index (Phi) is 3.02. The fourth-order valence-electron chi connectivity index (χ4n) is 2.64. The normalized spacial score (nSPS) is 24.3. The topological polar surface area (TPSA) is 42.4 Å². The molecule has 0 saturated carbocycles. The van der Waals surface area contributed by atoms with Crippen molar-refractivity contribution in [2.24, 2.45) is 0 Å². The molecular weight excluding hydrogens is 226 g/mol. The van der Waals surface area contributed by atoms with Gasteiger partial charge in [-0.15, -0.1) is 0 Å². The molecule has 2 heterocycles. The number of ether oxygens (including phenoxy) is 1. The molecule has 1 aromatic heterocycles. The lowest BCUT2D eigenvalue weighted by Gasteiger charge is -2.32. The van der Waals surface area contributed by atoms with Crippen molar-refractivity contribution in [2.45, 2.75) is 24.9 Å². The van der Waals surface area contributed by atoms with Gasteiger partial charge in [0.15, 0.2) is 0 Å². The van der Waals surface area contributed by atoms with Gasteiger partial charge in [0.05, 0.1) is 17.7 Å². The largest absolute Gasteiger partial charge is 0.387 e. The highest BCUT2D eigenvalue weighted by molar-refractivity contribution is 5.81. The van der Waals surface area contributed by atoms with Gasteiger partial charge in [-0.05, 0) is 30.5 Å². The molecule has 2 aromatic rings. The average molecular weight is 243 g/mol. The lowest BCUT2D eigenvalue weighted by atomic mass is 9.88. The van der Waals surface area contributed by atoms with E-state index < -0.39 is 5.60 Å². The second kappa shape index (κ2) is 4.67. The van der Waals surface area contributed by atoms with E-state index in [2.05, 4.69) is 11.1 Å². The van der Waals surface area contributed by atoms with Crippen molar-refractivity contribution in [3.05, 3.63) is 42.1 Å². The molecule has 0 spiro atoms. The van der Waals surface area contributed by atoms with E-state index in [-0.39, 0.29) is 0 Å². The quantitative estimate of drug-likeness (QED) is 0.880. The molecule has 0 amide bonds. The second-order valence-corrected chi connectivity index (χ2v) is 5.04. The van der Waals surface area contributed by atoms with Gasteiger partial charge >= 0.3 is 0 Å². The van der Waals surface area contributed by atoms with Crippen LogP contribution in [0.15, 0.2) is 36.5 Å². The Morgan fingerprint density at radius 2 is 2.17 bits per heavy atom. The van der Waals surface area contributed by atoms with Gasteiger partial charge in [-0.1, -0.05) is 18.2 Å². The summed E-state index contributed by atoms with van der Waals surface area (Å²) in [7, 11) is 0. The molecule has 18 heavy (non-hydrogen) atoms. The van der Waals surface area contributed by atoms with E-state index in [0.717, 1.165) is 35.9 Å². The van der Waals surface area contributed by atoms with E-state index in [1.807, 2.05) is 30.5 Å². The molecular formula is C15H17NO2. The van der Waals surface area contributed by atoms with Crippen LogP contribution in [-0.4, -0.2) is 28.9 Å². The Balaban J connectivity index is 1.94. The summed E-state index contributed by atoms with van der Waals surface area (Å²) in [5, 5.41) is 11.7. The molecule has 0 radical (unpaired) electrons. The summed E-state index contributed by atoms with van der Waals surface area (Å²) in [6, 6.07) is 10.0. The second-order valence-electron chi connectivity index (χ2n) is 5.04. The summed E-state index contributed by atoms with van der Waals surface area (Å²) >= 11 is 0. The van der Waals surface area contributed by atoms with Crippen LogP contribution in [-0.2, 0) is 11.2 Å². The van der Waals surface area contributed by atoms with Gasteiger partial charge in [-0.25, -0.2) is 0 Å². The predicted molar refractivity (Wildman–Crippen MR) is 70.4 cm³/mol. The smallest absolute Gasteiger partial charge is 0.0921 e. The van der Waals surface area contributed by atoms with Crippen LogP contribution in [0.4, 0.5) is 0 Å². The number of fused-ring (bicyclic) bond motifs is 1. The number of aliphatic hydroxyl groups is 1. The van der Waals surface area contributed by atoms with Gasteiger partial charge in [0.25, 0.3) is 0 Å². The first kappa shape index (κ1) is 11.6. The zero-order valence-corrected chi connectivity index (χ0v) is 10.3. The van der Waals surface area contributed by atoms with Gasteiger partial charge in [0.1, 0.15) is 0 Å². The average Bonchev–Trinajstić information content (AvgIpc) is 2.40. The van der Waals surface area contributed by atoms with Crippen LogP contribution in [0.3, 0.4) is 0 Å². The highest BCUT2D eigenvalue weighted by Gasteiger charge is 2.30. The Bertz CT molecular complexity index is 542. The van der Waals surface area contributed by atoms with Crippen LogP contribution < -0.4 is 0 Å². The standard InChI is InChI=1S/C15H17NO2/c17-15(7-3-9-18-11-15)10-12-6-8-16-14-5-2-1-4-13(12)14/h1-2,4-6,8,17H,3,7,9-11H2. The summed E-state index contributed by atoms with van der Waals surface area (Å²) in [5.74, 6) is 0. The third kappa shape index (κ3) is 2.24. The monoisotopic (exact) mass is 243 g/mol. The van der Waals surface area contributed by atoms with E-state index >= 15 is 0 Å². The minimum absolute atomic E-state index is 0.434. The highest BCUT2D eigenvalue weighted by Crippen LogP contribution is 2.26. The molecule has 1 aliphatic heterocycles. The predicted octanol–water partition coefficient (Wildman–Crippen LogP) is 2.32. The number of hydrogen-bond acceptors (Lipinski definition) is 3. The summed E-state index contributed by atoms with van der Waals surface area (Å²) in [6.45, 7) is 1.20. The minimum atomic E-state index is -0.720. The Hall–Kier alpha value is -1.45. The van der Waals surface area contributed by atoms with Crippen molar-refractivity contribution in [1.82, 2.24) is 4.98 Å². The molecule has 94 valence electrons. The lowest BCUT2D eigenvalue weighted by Crippen LogP contribution is -2.40. The maximum atomic E-state index is 10.5. The molecule has 0 aliphatic carbocycles. The number of para-hydroxylation sites is 1. The molecule has 1 unspecified atom stereocenters. The zero-order valence-electron chi connectivity index (χ0n) is 10.3. The van der Waals surface area contributed by atoms with Crippen LogP contribution in [0, 0.1) is 0 Å². The van der Waals surface area contributed by atoms with Crippen molar-refractivity contribution >= 4 is 10.9 Å². The van der Waals surface area contributed by atoms with Crippen LogP contribution >= 0.6 is 0 Å². The highest BCUT2D eigenvalue weighted by atomic mass is 16.5. The van der Waals surface area contributed by atoms with Crippen molar-refractivity contribution in [2.75, 3.05) is 13.2 Å². The van der Waals surface area contributed by atoms with Crippen LogP contribution in [0.2, 0.25) is 0 Å². The number of pyridine rings is 1. The fraction of sp³-hybridized carbons (Fsp3) is 0.400. The molecule has 3 rings (SSSR count). The molecule has 1 saturated heterocycles. The van der Waals surface area contributed by atoms with Crippen LogP contribution in [0.1, 0.15) is 18.4 Å². The van der Waals surface area contributed by atoms with E-state index in [1.165, 1.54) is 0 Å². The first-order valence-corrected chi connectivity index (χ1v) is 6.40. The molecule has 1 atom stereocenters. The number of rotatable bonds is 2. The fourth-order valence-corrected chi connectivity index (χ4v) is 2.64. The Labute approximate surface area is 106 Å². The number of hydrogen-bond donors (Lipinski definition) is 1. The van der Waals surface area contributed by atoms with Crippen molar-refractivity contribution in [3.63, 3.8) is 0 Å².